The Balaban J connectivity index is 0.00000242. The van der Waals surface area contributed by atoms with Gasteiger partial charge < -0.3 is 11.1 Å². The third-order valence-electron chi connectivity index (χ3n) is 2.96. The van der Waals surface area contributed by atoms with Gasteiger partial charge in [-0.05, 0) is 30.0 Å². The molecule has 0 aliphatic heterocycles. The van der Waals surface area contributed by atoms with Crippen molar-refractivity contribution in [2.24, 2.45) is 10.7 Å². The molecule has 1 aromatic heterocycles. The van der Waals surface area contributed by atoms with Crippen LogP contribution >= 0.6 is 46.9 Å². The predicted molar refractivity (Wildman–Crippen MR) is 103 cm³/mol. The first kappa shape index (κ1) is 19.2. The van der Waals surface area contributed by atoms with E-state index in [9.17, 15) is 4.39 Å². The molecule has 3 N–H and O–H groups in total. The molecule has 2 rings (SSSR count). The van der Waals surface area contributed by atoms with Crippen molar-refractivity contribution in [1.29, 1.82) is 0 Å². The summed E-state index contributed by atoms with van der Waals surface area (Å²) < 4.78 is 13.6. The van der Waals surface area contributed by atoms with Crippen LogP contribution in [-0.2, 0) is 12.8 Å². The zero-order chi connectivity index (χ0) is 15.1. The lowest BCUT2D eigenvalue weighted by Crippen LogP contribution is -2.33. The number of guanidine groups is 1. The molecular formula is C15H18ClFIN3S. The minimum atomic E-state index is -0.294. The normalized spacial score (nSPS) is 11.1. The summed E-state index contributed by atoms with van der Waals surface area (Å²) in [6, 6.07) is 8.76. The summed E-state index contributed by atoms with van der Waals surface area (Å²) in [5, 5.41) is 5.45. The second-order valence-electron chi connectivity index (χ2n) is 4.47. The molecule has 0 fully saturated rings. The van der Waals surface area contributed by atoms with Crippen LogP contribution in [0.25, 0.3) is 0 Å². The van der Waals surface area contributed by atoms with Crippen molar-refractivity contribution in [2.45, 2.75) is 12.8 Å². The van der Waals surface area contributed by atoms with Crippen molar-refractivity contribution in [3.63, 3.8) is 0 Å². The first-order valence-corrected chi connectivity index (χ1v) is 7.91. The van der Waals surface area contributed by atoms with Crippen LogP contribution in [0, 0.1) is 5.82 Å². The second-order valence-corrected chi connectivity index (χ2v) is 5.91. The minimum absolute atomic E-state index is 0. The summed E-state index contributed by atoms with van der Waals surface area (Å²) in [6.07, 6.45) is 1.34. The maximum Gasteiger partial charge on any atom is 0.188 e. The van der Waals surface area contributed by atoms with E-state index in [-0.39, 0.29) is 29.8 Å². The number of aliphatic imine (C=N–C) groups is 1. The number of nitrogens with zero attached hydrogens (tertiary/aromatic N) is 1. The Labute approximate surface area is 155 Å². The molecule has 0 saturated heterocycles. The molecule has 0 bridgehead atoms. The molecule has 0 aliphatic carbocycles. The van der Waals surface area contributed by atoms with Crippen LogP contribution in [0.5, 0.6) is 0 Å². The highest BCUT2D eigenvalue weighted by Gasteiger charge is 2.06. The monoisotopic (exact) mass is 453 g/mol. The maximum atomic E-state index is 13.6. The van der Waals surface area contributed by atoms with Crippen molar-refractivity contribution in [2.75, 3.05) is 13.1 Å². The van der Waals surface area contributed by atoms with Gasteiger partial charge in [0.25, 0.3) is 0 Å². The molecule has 2 aromatic rings. The predicted octanol–water partition coefficient (Wildman–Crippen LogP) is 3.85. The summed E-state index contributed by atoms with van der Waals surface area (Å²) in [6.45, 7) is 1.13. The van der Waals surface area contributed by atoms with Crippen molar-refractivity contribution in [3.8, 4) is 0 Å². The lowest BCUT2D eigenvalue weighted by Gasteiger charge is -2.08. The summed E-state index contributed by atoms with van der Waals surface area (Å²) in [5.74, 6) is 0.0801. The maximum absolute atomic E-state index is 13.6. The van der Waals surface area contributed by atoms with Crippen LogP contribution in [0.1, 0.15) is 10.4 Å². The lowest BCUT2D eigenvalue weighted by molar-refractivity contribution is 0.607. The van der Waals surface area contributed by atoms with E-state index in [1.54, 1.807) is 23.5 Å². The Morgan fingerprint density at radius 1 is 1.27 bits per heavy atom. The molecule has 0 amide bonds. The first-order chi connectivity index (χ1) is 10.2. The highest BCUT2D eigenvalue weighted by molar-refractivity contribution is 14.0. The van der Waals surface area contributed by atoms with E-state index in [0.29, 0.717) is 36.1 Å². The van der Waals surface area contributed by atoms with Crippen molar-refractivity contribution < 1.29 is 4.39 Å². The van der Waals surface area contributed by atoms with Gasteiger partial charge >= 0.3 is 0 Å². The smallest absolute Gasteiger partial charge is 0.188 e. The number of hydrogen-bond acceptors (Lipinski definition) is 2. The quantitative estimate of drug-likeness (QED) is 0.397. The fourth-order valence-electron chi connectivity index (χ4n) is 1.88. The SMILES string of the molecule is I.NC(=NCCc1cccs1)NCCc1c(F)cccc1Cl. The molecule has 120 valence electrons. The van der Waals surface area contributed by atoms with Gasteiger partial charge in [0.2, 0.25) is 0 Å². The third kappa shape index (κ3) is 6.10. The average molecular weight is 454 g/mol. The topological polar surface area (TPSA) is 50.4 Å². The van der Waals surface area contributed by atoms with E-state index in [2.05, 4.69) is 16.4 Å². The Hall–Kier alpha value is -0.860. The summed E-state index contributed by atoms with van der Waals surface area (Å²) in [5.41, 5.74) is 6.27. The zero-order valence-electron chi connectivity index (χ0n) is 11.9. The van der Waals surface area contributed by atoms with E-state index >= 15 is 0 Å². The molecule has 1 heterocycles. The summed E-state index contributed by atoms with van der Waals surface area (Å²) in [4.78, 5) is 5.52. The van der Waals surface area contributed by atoms with Crippen molar-refractivity contribution in [3.05, 3.63) is 57.0 Å². The minimum Gasteiger partial charge on any atom is -0.370 e. The van der Waals surface area contributed by atoms with Gasteiger partial charge in [0.05, 0.1) is 0 Å². The van der Waals surface area contributed by atoms with Crippen LogP contribution in [0.2, 0.25) is 5.02 Å². The van der Waals surface area contributed by atoms with Gasteiger partial charge in [0, 0.05) is 35.0 Å². The molecule has 1 aromatic carbocycles. The molecule has 0 aliphatic rings. The molecular weight excluding hydrogens is 436 g/mol. The first-order valence-electron chi connectivity index (χ1n) is 6.66. The Kier molecular flexibility index (Phi) is 8.74. The number of hydrogen-bond donors (Lipinski definition) is 2. The van der Waals surface area contributed by atoms with Crippen LogP contribution in [0.3, 0.4) is 0 Å². The number of nitrogens with two attached hydrogens (primary N) is 1. The number of benzene rings is 1. The molecule has 22 heavy (non-hydrogen) atoms. The van der Waals surface area contributed by atoms with E-state index in [1.807, 2.05) is 11.4 Å². The largest absolute Gasteiger partial charge is 0.370 e. The summed E-state index contributed by atoms with van der Waals surface area (Å²) in [7, 11) is 0. The van der Waals surface area contributed by atoms with E-state index in [0.717, 1.165) is 6.42 Å². The molecule has 7 heteroatoms. The van der Waals surface area contributed by atoms with E-state index < -0.39 is 0 Å². The Morgan fingerprint density at radius 2 is 2.09 bits per heavy atom. The van der Waals surface area contributed by atoms with Gasteiger partial charge in [-0.15, -0.1) is 35.3 Å². The Bertz CT molecular complexity index is 585. The molecule has 0 saturated carbocycles. The highest BCUT2D eigenvalue weighted by atomic mass is 127. The number of thiophene rings is 1. The second kappa shape index (κ2) is 10.0. The molecule has 0 unspecified atom stereocenters. The zero-order valence-corrected chi connectivity index (χ0v) is 15.8. The van der Waals surface area contributed by atoms with Gasteiger partial charge in [-0.25, -0.2) is 4.39 Å². The van der Waals surface area contributed by atoms with E-state index in [1.165, 1.54) is 10.9 Å². The fourth-order valence-corrected chi connectivity index (χ4v) is 2.84. The summed E-state index contributed by atoms with van der Waals surface area (Å²) >= 11 is 7.66. The highest BCUT2D eigenvalue weighted by Crippen LogP contribution is 2.18. The average Bonchev–Trinajstić information content (AvgIpc) is 2.95. The van der Waals surface area contributed by atoms with Gasteiger partial charge in [0.1, 0.15) is 5.82 Å². The van der Waals surface area contributed by atoms with Gasteiger partial charge in [0.15, 0.2) is 5.96 Å². The number of nitrogens with one attached hydrogen (secondary N) is 1. The third-order valence-corrected chi connectivity index (χ3v) is 4.25. The lowest BCUT2D eigenvalue weighted by atomic mass is 10.1. The number of halogens is 3. The van der Waals surface area contributed by atoms with Gasteiger partial charge in [-0.2, -0.15) is 0 Å². The Morgan fingerprint density at radius 3 is 2.77 bits per heavy atom. The van der Waals surface area contributed by atoms with Crippen LogP contribution in [0.4, 0.5) is 4.39 Å². The van der Waals surface area contributed by atoms with E-state index in [4.69, 9.17) is 17.3 Å². The van der Waals surface area contributed by atoms with Crippen molar-refractivity contribution in [1.82, 2.24) is 5.32 Å². The fraction of sp³-hybridized carbons (Fsp3) is 0.267. The van der Waals surface area contributed by atoms with Crippen LogP contribution in [0.15, 0.2) is 40.7 Å². The molecule has 0 atom stereocenters. The number of rotatable bonds is 6. The van der Waals surface area contributed by atoms with Gasteiger partial charge in [-0.1, -0.05) is 23.7 Å². The van der Waals surface area contributed by atoms with Gasteiger partial charge in [-0.3, -0.25) is 4.99 Å². The molecule has 3 nitrogen and oxygen atoms in total. The molecule has 0 radical (unpaired) electrons. The standard InChI is InChI=1S/C15H17ClFN3S.HI/c16-13-4-1-5-14(17)12(13)7-9-20-15(18)19-8-6-11-3-2-10-21-11;/h1-5,10H,6-9H2,(H3,18,19,20);1H. The van der Waals surface area contributed by atoms with Crippen molar-refractivity contribution >= 4 is 52.9 Å². The van der Waals surface area contributed by atoms with Crippen LogP contribution < -0.4 is 11.1 Å². The van der Waals surface area contributed by atoms with Crippen LogP contribution in [-0.4, -0.2) is 19.0 Å². The molecule has 0 spiro atoms.